The van der Waals surface area contributed by atoms with Gasteiger partial charge in [-0.15, -0.1) is 0 Å². The molecule has 14 heteroatoms. The molecule has 2 aromatic carbocycles. The molecule has 5 aliphatic rings. The van der Waals surface area contributed by atoms with Crippen molar-refractivity contribution in [2.75, 3.05) is 11.7 Å². The lowest BCUT2D eigenvalue weighted by Crippen LogP contribution is -2.60. The Bertz CT molecular complexity index is 2120. The molecule has 8 rings (SSSR count). The van der Waals surface area contributed by atoms with Crippen LogP contribution < -0.4 is 21.1 Å². The number of nitrogens with zero attached hydrogens (tertiary/aromatic N) is 2. The SMILES string of the molecule is Cc1ccc(CNN2C(=O)c3c(c4c5c([nH]c4c4c3=C3C=CC(O)=CC3N4O[C@@H]3O[C@H](CO)[C@@H](O)[C@H](O)[C@H]3O)=CC(O)=CC5)C2=O)cc1. The molecular weight excluding hydrogens is 624 g/mol. The molecule has 48 heavy (non-hydrogen) atoms. The lowest BCUT2D eigenvalue weighted by atomic mass is 9.93. The number of carbonyl (C=O) groups is 2. The number of nitrogens with one attached hydrogen (secondary N) is 2. The van der Waals surface area contributed by atoms with Crippen molar-refractivity contribution in [1.82, 2.24) is 15.4 Å². The summed E-state index contributed by atoms with van der Waals surface area (Å²) in [5, 5.41) is 66.0. The molecule has 0 bridgehead atoms. The van der Waals surface area contributed by atoms with Crippen LogP contribution in [0.4, 0.5) is 5.69 Å². The van der Waals surface area contributed by atoms with Crippen LogP contribution in [0, 0.1) is 6.92 Å². The Labute approximate surface area is 272 Å². The number of hydrogen-bond acceptors (Lipinski definition) is 12. The third-order valence-corrected chi connectivity index (χ3v) is 9.47. The molecule has 1 saturated heterocycles. The van der Waals surface area contributed by atoms with E-state index in [1.54, 1.807) is 12.2 Å². The summed E-state index contributed by atoms with van der Waals surface area (Å²) in [6.07, 6.45) is -0.139. The fourth-order valence-electron chi connectivity index (χ4n) is 7.05. The number of hydrogen-bond donors (Lipinski definition) is 8. The summed E-state index contributed by atoms with van der Waals surface area (Å²) in [5.41, 5.74) is 6.96. The van der Waals surface area contributed by atoms with Gasteiger partial charge in [0, 0.05) is 28.6 Å². The molecule has 8 N–H and O–H groups in total. The topological polar surface area (TPSA) is 208 Å². The number of aliphatic hydroxyl groups excluding tert-OH is 6. The number of anilines is 1. The lowest BCUT2D eigenvalue weighted by Gasteiger charge is -2.41. The van der Waals surface area contributed by atoms with E-state index < -0.39 is 55.2 Å². The first-order valence-electron chi connectivity index (χ1n) is 15.5. The highest BCUT2D eigenvalue weighted by Crippen LogP contribution is 2.42. The van der Waals surface area contributed by atoms with Crippen molar-refractivity contribution in [3.8, 4) is 0 Å². The van der Waals surface area contributed by atoms with Crippen LogP contribution in [0.3, 0.4) is 0 Å². The number of aromatic nitrogens is 1. The second-order valence-electron chi connectivity index (χ2n) is 12.4. The zero-order chi connectivity index (χ0) is 33.6. The van der Waals surface area contributed by atoms with E-state index in [9.17, 15) is 40.2 Å². The van der Waals surface area contributed by atoms with Crippen LogP contribution in [0.25, 0.3) is 22.6 Å². The maximum Gasteiger partial charge on any atom is 0.276 e. The van der Waals surface area contributed by atoms with Gasteiger partial charge in [0.1, 0.15) is 42.0 Å². The van der Waals surface area contributed by atoms with E-state index in [1.807, 2.05) is 31.2 Å². The van der Waals surface area contributed by atoms with Gasteiger partial charge in [-0.2, -0.15) is 0 Å². The molecular formula is C34H32N4O10. The molecule has 1 unspecified atom stereocenters. The van der Waals surface area contributed by atoms with Crippen LogP contribution in [0.5, 0.6) is 0 Å². The molecule has 4 heterocycles. The number of ether oxygens (including phenoxy) is 1. The number of carbonyl (C=O) groups excluding carboxylic acids is 2. The maximum absolute atomic E-state index is 14.3. The van der Waals surface area contributed by atoms with E-state index in [0.29, 0.717) is 32.6 Å². The molecule has 1 aromatic heterocycles. The van der Waals surface area contributed by atoms with Gasteiger partial charge in [-0.25, -0.2) is 20.3 Å². The predicted molar refractivity (Wildman–Crippen MR) is 169 cm³/mol. The van der Waals surface area contributed by atoms with Gasteiger partial charge in [-0.1, -0.05) is 35.9 Å². The number of rotatable bonds is 6. The van der Waals surface area contributed by atoms with Gasteiger partial charge in [0.15, 0.2) is 0 Å². The van der Waals surface area contributed by atoms with Crippen molar-refractivity contribution >= 4 is 40.1 Å². The van der Waals surface area contributed by atoms with Crippen molar-refractivity contribution in [3.05, 3.63) is 98.5 Å². The summed E-state index contributed by atoms with van der Waals surface area (Å²) in [6, 6.07) is 6.75. The van der Waals surface area contributed by atoms with E-state index in [2.05, 4.69) is 10.4 Å². The van der Waals surface area contributed by atoms with Crippen molar-refractivity contribution in [2.24, 2.45) is 0 Å². The van der Waals surface area contributed by atoms with Gasteiger partial charge in [0.05, 0.1) is 28.9 Å². The summed E-state index contributed by atoms with van der Waals surface area (Å²) < 4.78 is 5.67. The highest BCUT2D eigenvalue weighted by molar-refractivity contribution is 6.28. The molecule has 6 atom stereocenters. The fourth-order valence-corrected chi connectivity index (χ4v) is 7.05. The molecule has 3 aliphatic heterocycles. The number of fused-ring (bicyclic) bond motifs is 9. The molecule has 248 valence electrons. The van der Waals surface area contributed by atoms with Crippen molar-refractivity contribution < 1.29 is 49.8 Å². The lowest BCUT2D eigenvalue weighted by molar-refractivity contribution is -0.304. The Kier molecular flexibility index (Phi) is 7.08. The van der Waals surface area contributed by atoms with E-state index in [-0.39, 0.29) is 41.3 Å². The van der Waals surface area contributed by atoms with E-state index in [1.165, 1.54) is 23.3 Å². The number of aryl methyl sites for hydroxylation is 1. The summed E-state index contributed by atoms with van der Waals surface area (Å²) in [7, 11) is 0. The Morgan fingerprint density at radius 3 is 2.50 bits per heavy atom. The predicted octanol–water partition coefficient (Wildman–Crippen LogP) is -0.362. The Hall–Kier alpha value is -4.80. The number of hydroxylamine groups is 1. The van der Waals surface area contributed by atoms with Crippen molar-refractivity contribution in [1.29, 1.82) is 0 Å². The van der Waals surface area contributed by atoms with Crippen molar-refractivity contribution in [3.63, 3.8) is 0 Å². The number of amides is 2. The van der Waals surface area contributed by atoms with Crippen molar-refractivity contribution in [2.45, 2.75) is 56.6 Å². The summed E-state index contributed by atoms with van der Waals surface area (Å²) in [5.74, 6) is -1.29. The first kappa shape index (κ1) is 30.5. The number of hydrazine groups is 1. The van der Waals surface area contributed by atoms with E-state index >= 15 is 0 Å². The molecule has 0 saturated carbocycles. The van der Waals surface area contributed by atoms with E-state index in [0.717, 1.165) is 16.1 Å². The minimum absolute atomic E-state index is 0.0133. The van der Waals surface area contributed by atoms with Crippen LogP contribution in [-0.2, 0) is 22.5 Å². The standard InChI is InChI=1S/C34H32N4O10/c1-14-2-4-15(5-3-14)12-35-37-32(45)25-23-18-8-6-16(40)10-20(18)36-27(23)28-24(26(25)33(37)46)19-9-7-17(41)11-21(19)38(28)48-34-31(44)30(43)29(42)22(13-39)47-34/h2-7,9-11,21-22,29-31,34-36,39-44H,8,12-13H2,1H3/t21?,22-,29-,30+,31-,34+/m1/s1. The monoisotopic (exact) mass is 656 g/mol. The van der Waals surface area contributed by atoms with E-state index in [4.69, 9.17) is 9.57 Å². The summed E-state index contributed by atoms with van der Waals surface area (Å²) >= 11 is 0. The first-order valence-corrected chi connectivity index (χ1v) is 15.5. The molecule has 2 amide bonds. The van der Waals surface area contributed by atoms with Gasteiger partial charge in [0.25, 0.3) is 11.8 Å². The van der Waals surface area contributed by atoms with Crippen LogP contribution in [0.15, 0.2) is 60.1 Å². The number of H-pyrrole nitrogens is 1. The second kappa shape index (κ2) is 11.1. The highest BCUT2D eigenvalue weighted by Gasteiger charge is 2.49. The summed E-state index contributed by atoms with van der Waals surface area (Å²) in [6.45, 7) is 1.47. The molecule has 1 fully saturated rings. The molecule has 0 spiro atoms. The minimum Gasteiger partial charge on any atom is -0.508 e. The smallest absolute Gasteiger partial charge is 0.276 e. The van der Waals surface area contributed by atoms with Crippen LogP contribution in [-0.4, -0.2) is 95.8 Å². The average Bonchev–Trinajstić information content (AvgIpc) is 3.67. The van der Waals surface area contributed by atoms with Gasteiger partial charge < -0.3 is 40.4 Å². The van der Waals surface area contributed by atoms with Gasteiger partial charge >= 0.3 is 0 Å². The average molecular weight is 657 g/mol. The Morgan fingerprint density at radius 2 is 1.75 bits per heavy atom. The number of benzene rings is 2. The number of imide groups is 1. The highest BCUT2D eigenvalue weighted by atomic mass is 16.8. The fraction of sp³-hybridized carbons (Fsp3) is 0.294. The minimum atomic E-state index is -1.76. The molecule has 2 aliphatic carbocycles. The second-order valence-corrected chi connectivity index (χ2v) is 12.4. The Balaban J connectivity index is 1.32. The Morgan fingerprint density at radius 1 is 1.00 bits per heavy atom. The van der Waals surface area contributed by atoms with Crippen LogP contribution >= 0.6 is 0 Å². The molecule has 3 aromatic rings. The zero-order valence-electron chi connectivity index (χ0n) is 25.5. The summed E-state index contributed by atoms with van der Waals surface area (Å²) in [4.78, 5) is 38.1. The number of aliphatic hydroxyl groups is 6. The third-order valence-electron chi connectivity index (χ3n) is 9.47. The molecule has 0 radical (unpaired) electrons. The molecule has 14 nitrogen and oxygen atoms in total. The number of allylic oxidation sites excluding steroid dienone is 3. The van der Waals surface area contributed by atoms with Gasteiger partial charge in [-0.05, 0) is 48.3 Å². The quantitative estimate of drug-likeness (QED) is 0.160. The van der Waals surface area contributed by atoms with Crippen LogP contribution in [0.2, 0.25) is 0 Å². The number of aromatic amines is 1. The normalized spacial score (nSPS) is 27.5. The third kappa shape index (κ3) is 4.46. The zero-order valence-corrected chi connectivity index (χ0v) is 25.5. The first-order chi connectivity index (χ1) is 23.1. The van der Waals surface area contributed by atoms with Gasteiger partial charge in [-0.3, -0.25) is 9.59 Å². The largest absolute Gasteiger partial charge is 0.508 e. The maximum atomic E-state index is 14.3. The van der Waals surface area contributed by atoms with Crippen LogP contribution in [0.1, 0.15) is 37.4 Å². The van der Waals surface area contributed by atoms with Gasteiger partial charge in [0.2, 0.25) is 6.29 Å².